The van der Waals surface area contributed by atoms with Gasteiger partial charge in [0.2, 0.25) is 0 Å². The van der Waals surface area contributed by atoms with Crippen LogP contribution >= 0.6 is 11.3 Å². The SMILES string of the molecule is COCCNCC1(CCc2cccs2)CC1. The highest BCUT2D eigenvalue weighted by atomic mass is 32.1. The standard InChI is InChI=1S/C13H21NOS/c1-15-9-8-14-11-13(6-7-13)5-4-12-3-2-10-16-12/h2-3,10,14H,4-9,11H2,1H3. The van der Waals surface area contributed by atoms with Gasteiger partial charge in [0, 0.05) is 25.1 Å². The first-order valence-corrected chi connectivity index (χ1v) is 6.95. The van der Waals surface area contributed by atoms with Crippen molar-refractivity contribution in [3.05, 3.63) is 22.4 Å². The molecule has 1 aliphatic carbocycles. The van der Waals surface area contributed by atoms with Gasteiger partial charge in [0.05, 0.1) is 6.61 Å². The third kappa shape index (κ3) is 3.58. The number of hydrogen-bond acceptors (Lipinski definition) is 3. The maximum atomic E-state index is 5.04. The zero-order valence-corrected chi connectivity index (χ0v) is 10.8. The van der Waals surface area contributed by atoms with E-state index in [1.54, 1.807) is 7.11 Å². The molecule has 1 saturated carbocycles. The van der Waals surface area contributed by atoms with Crippen LogP contribution in [0.25, 0.3) is 0 Å². The van der Waals surface area contributed by atoms with E-state index in [9.17, 15) is 0 Å². The van der Waals surface area contributed by atoms with Gasteiger partial charge in [-0.1, -0.05) is 6.07 Å². The summed E-state index contributed by atoms with van der Waals surface area (Å²) in [5.41, 5.74) is 0.609. The van der Waals surface area contributed by atoms with Gasteiger partial charge in [0.15, 0.2) is 0 Å². The van der Waals surface area contributed by atoms with E-state index in [1.807, 2.05) is 11.3 Å². The van der Waals surface area contributed by atoms with Crippen LogP contribution in [0.2, 0.25) is 0 Å². The second-order valence-corrected chi connectivity index (χ2v) is 5.78. The van der Waals surface area contributed by atoms with E-state index in [0.717, 1.165) is 13.2 Å². The van der Waals surface area contributed by atoms with Crippen LogP contribution in [0.3, 0.4) is 0 Å². The number of nitrogens with one attached hydrogen (secondary N) is 1. The van der Waals surface area contributed by atoms with Crippen molar-refractivity contribution < 1.29 is 4.74 Å². The Labute approximate surface area is 102 Å². The lowest BCUT2D eigenvalue weighted by Gasteiger charge is -2.15. The number of aryl methyl sites for hydroxylation is 1. The molecular weight excluding hydrogens is 218 g/mol. The van der Waals surface area contributed by atoms with Crippen LogP contribution in [0.4, 0.5) is 0 Å². The summed E-state index contributed by atoms with van der Waals surface area (Å²) in [6.07, 6.45) is 5.40. The zero-order chi connectivity index (χ0) is 11.3. The molecule has 1 aromatic rings. The summed E-state index contributed by atoms with van der Waals surface area (Å²) in [5.74, 6) is 0. The van der Waals surface area contributed by atoms with Gasteiger partial charge in [0.1, 0.15) is 0 Å². The highest BCUT2D eigenvalue weighted by molar-refractivity contribution is 7.09. The summed E-state index contributed by atoms with van der Waals surface area (Å²) in [6.45, 7) is 2.97. The average molecular weight is 239 g/mol. The molecule has 0 aromatic carbocycles. The van der Waals surface area contributed by atoms with Crippen molar-refractivity contribution in [2.45, 2.75) is 25.7 Å². The molecule has 0 spiro atoms. The first-order valence-electron chi connectivity index (χ1n) is 6.07. The molecule has 0 saturated heterocycles. The lowest BCUT2D eigenvalue weighted by Crippen LogP contribution is -2.27. The van der Waals surface area contributed by atoms with Crippen LogP contribution in [0.1, 0.15) is 24.1 Å². The van der Waals surface area contributed by atoms with E-state index in [1.165, 1.54) is 37.1 Å². The van der Waals surface area contributed by atoms with Gasteiger partial charge in [-0.15, -0.1) is 11.3 Å². The average Bonchev–Trinajstić information content (AvgIpc) is 2.87. The van der Waals surface area contributed by atoms with Crippen molar-refractivity contribution in [3.8, 4) is 0 Å². The summed E-state index contributed by atoms with van der Waals surface area (Å²) >= 11 is 1.88. The van der Waals surface area contributed by atoms with Crippen LogP contribution in [0.5, 0.6) is 0 Å². The van der Waals surface area contributed by atoms with Gasteiger partial charge >= 0.3 is 0 Å². The Kier molecular flexibility index (Phi) is 4.38. The van der Waals surface area contributed by atoms with Crippen LogP contribution in [0, 0.1) is 5.41 Å². The van der Waals surface area contributed by atoms with Crippen molar-refractivity contribution >= 4 is 11.3 Å². The van der Waals surface area contributed by atoms with Gasteiger partial charge in [-0.05, 0) is 42.5 Å². The van der Waals surface area contributed by atoms with Crippen LogP contribution in [0.15, 0.2) is 17.5 Å². The van der Waals surface area contributed by atoms with Crippen LogP contribution in [-0.2, 0) is 11.2 Å². The lowest BCUT2D eigenvalue weighted by atomic mass is 9.99. The number of ether oxygens (including phenoxy) is 1. The molecule has 2 rings (SSSR count). The van der Waals surface area contributed by atoms with Crippen molar-refractivity contribution in [2.75, 3.05) is 26.8 Å². The number of methoxy groups -OCH3 is 1. The second kappa shape index (κ2) is 5.80. The first-order chi connectivity index (χ1) is 7.85. The van der Waals surface area contributed by atoms with Crippen molar-refractivity contribution in [3.63, 3.8) is 0 Å². The molecule has 1 aromatic heterocycles. The van der Waals surface area contributed by atoms with Crippen molar-refractivity contribution in [2.24, 2.45) is 5.41 Å². The predicted molar refractivity (Wildman–Crippen MR) is 69.1 cm³/mol. The smallest absolute Gasteiger partial charge is 0.0587 e. The molecule has 0 radical (unpaired) electrons. The Balaban J connectivity index is 1.64. The summed E-state index contributed by atoms with van der Waals surface area (Å²) in [5, 5.41) is 5.67. The van der Waals surface area contributed by atoms with E-state index in [0.29, 0.717) is 5.41 Å². The minimum Gasteiger partial charge on any atom is -0.383 e. The zero-order valence-electron chi connectivity index (χ0n) is 10.00. The molecule has 1 heterocycles. The molecule has 16 heavy (non-hydrogen) atoms. The van der Waals surface area contributed by atoms with Gasteiger partial charge in [-0.25, -0.2) is 0 Å². The molecular formula is C13H21NOS. The largest absolute Gasteiger partial charge is 0.383 e. The first kappa shape index (κ1) is 12.1. The molecule has 2 nitrogen and oxygen atoms in total. The van der Waals surface area contributed by atoms with Crippen molar-refractivity contribution in [1.29, 1.82) is 0 Å². The van der Waals surface area contributed by atoms with Gasteiger partial charge in [-0.3, -0.25) is 0 Å². The number of thiophene rings is 1. The molecule has 90 valence electrons. The van der Waals surface area contributed by atoms with Gasteiger partial charge < -0.3 is 10.1 Å². The second-order valence-electron chi connectivity index (χ2n) is 4.75. The highest BCUT2D eigenvalue weighted by Crippen LogP contribution is 2.49. The Morgan fingerprint density at radius 3 is 3.00 bits per heavy atom. The maximum absolute atomic E-state index is 5.04. The molecule has 3 heteroatoms. The van der Waals surface area contributed by atoms with E-state index in [-0.39, 0.29) is 0 Å². The van der Waals surface area contributed by atoms with Gasteiger partial charge in [0.25, 0.3) is 0 Å². The van der Waals surface area contributed by atoms with E-state index < -0.39 is 0 Å². The lowest BCUT2D eigenvalue weighted by molar-refractivity contribution is 0.197. The maximum Gasteiger partial charge on any atom is 0.0587 e. The minimum absolute atomic E-state index is 0.609. The van der Waals surface area contributed by atoms with Crippen molar-refractivity contribution in [1.82, 2.24) is 5.32 Å². The normalized spacial score (nSPS) is 17.6. The van der Waals surface area contributed by atoms with Crippen LogP contribution in [-0.4, -0.2) is 26.8 Å². The minimum atomic E-state index is 0.609. The summed E-state index contributed by atoms with van der Waals surface area (Å²) < 4.78 is 5.04. The Hall–Kier alpha value is -0.380. The fourth-order valence-corrected chi connectivity index (χ4v) is 2.77. The molecule has 0 atom stereocenters. The summed E-state index contributed by atoms with van der Waals surface area (Å²) in [7, 11) is 1.76. The predicted octanol–water partition coefficient (Wildman–Crippen LogP) is 2.70. The molecule has 1 N–H and O–H groups in total. The van der Waals surface area contributed by atoms with Crippen LogP contribution < -0.4 is 5.32 Å². The van der Waals surface area contributed by atoms with E-state index >= 15 is 0 Å². The third-order valence-electron chi connectivity index (χ3n) is 3.42. The molecule has 0 bridgehead atoms. The fraction of sp³-hybridized carbons (Fsp3) is 0.692. The Bertz CT molecular complexity index is 293. The quantitative estimate of drug-likeness (QED) is 0.704. The summed E-state index contributed by atoms with van der Waals surface area (Å²) in [6, 6.07) is 4.40. The number of hydrogen-bond donors (Lipinski definition) is 1. The Morgan fingerprint density at radius 2 is 2.38 bits per heavy atom. The monoisotopic (exact) mass is 239 g/mol. The fourth-order valence-electron chi connectivity index (χ4n) is 2.06. The van der Waals surface area contributed by atoms with E-state index in [2.05, 4.69) is 22.8 Å². The molecule has 0 amide bonds. The van der Waals surface area contributed by atoms with E-state index in [4.69, 9.17) is 4.74 Å². The molecule has 1 aliphatic rings. The Morgan fingerprint density at radius 1 is 1.50 bits per heavy atom. The summed E-state index contributed by atoms with van der Waals surface area (Å²) in [4.78, 5) is 1.53. The topological polar surface area (TPSA) is 21.3 Å². The molecule has 0 aliphatic heterocycles. The number of rotatable bonds is 8. The highest BCUT2D eigenvalue weighted by Gasteiger charge is 2.41. The van der Waals surface area contributed by atoms with Gasteiger partial charge in [-0.2, -0.15) is 0 Å². The third-order valence-corrected chi connectivity index (χ3v) is 4.36. The molecule has 0 unspecified atom stereocenters. The molecule has 1 fully saturated rings.